The van der Waals surface area contributed by atoms with Gasteiger partial charge in [-0.15, -0.1) is 0 Å². The van der Waals surface area contributed by atoms with Gasteiger partial charge in [-0.05, 0) is 84.3 Å². The second-order valence-corrected chi connectivity index (χ2v) is 13.7. The monoisotopic (exact) mass is 674 g/mol. The van der Waals surface area contributed by atoms with Crippen molar-refractivity contribution in [3.8, 4) is 11.5 Å². The number of aliphatic hydroxyl groups excluding tert-OH is 2. The second kappa shape index (κ2) is 14.1. The number of Topliss-reactive ketones (excluding diaryl/α,β-unsaturated/α-hetero) is 2. The van der Waals surface area contributed by atoms with Crippen LogP contribution in [0.3, 0.4) is 0 Å². The molecule has 9 nitrogen and oxygen atoms in total. The highest BCUT2D eigenvalue weighted by Gasteiger charge is 2.46. The van der Waals surface area contributed by atoms with Crippen molar-refractivity contribution in [3.63, 3.8) is 0 Å². The van der Waals surface area contributed by atoms with Gasteiger partial charge < -0.3 is 29.5 Å². The molecular weight excluding hydrogens is 632 g/mol. The molecule has 4 aromatic carbocycles. The predicted octanol–water partition coefficient (Wildman–Crippen LogP) is 5.34. The molecule has 3 aliphatic heterocycles. The maximum Gasteiger partial charge on any atom is 0.321 e. The number of urea groups is 1. The Morgan fingerprint density at radius 1 is 0.640 bits per heavy atom. The minimum Gasteiger partial charge on any atom is -0.493 e. The van der Waals surface area contributed by atoms with E-state index in [9.17, 15) is 19.8 Å². The zero-order chi connectivity index (χ0) is 34.9. The summed E-state index contributed by atoms with van der Waals surface area (Å²) in [6, 6.07) is 24.2. The van der Waals surface area contributed by atoms with Gasteiger partial charge in [-0.2, -0.15) is 0 Å². The van der Waals surface area contributed by atoms with Crippen molar-refractivity contribution < 1.29 is 34.1 Å². The molecule has 50 heavy (non-hydrogen) atoms. The molecule has 7 rings (SSSR count). The Kier molecular flexibility index (Phi) is 9.44. The Bertz CT molecular complexity index is 1800. The van der Waals surface area contributed by atoms with E-state index >= 15 is 4.79 Å². The van der Waals surface area contributed by atoms with Gasteiger partial charge in [-0.1, -0.05) is 60.7 Å². The van der Waals surface area contributed by atoms with Crippen molar-refractivity contribution in [1.29, 1.82) is 0 Å². The van der Waals surface area contributed by atoms with Crippen LogP contribution >= 0.6 is 0 Å². The van der Waals surface area contributed by atoms with Crippen LogP contribution in [0.4, 0.5) is 4.79 Å². The Morgan fingerprint density at radius 3 is 1.50 bits per heavy atom. The fourth-order valence-electron chi connectivity index (χ4n) is 7.49. The summed E-state index contributed by atoms with van der Waals surface area (Å²) < 4.78 is 11.4. The molecule has 2 N–H and O–H groups in total. The van der Waals surface area contributed by atoms with Crippen LogP contribution in [-0.2, 0) is 38.8 Å². The number of aliphatic hydroxyl groups is 2. The summed E-state index contributed by atoms with van der Waals surface area (Å²) in [5, 5.41) is 24.3. The van der Waals surface area contributed by atoms with E-state index in [1.165, 1.54) is 13.8 Å². The minimum atomic E-state index is -1.31. The first-order valence-electron chi connectivity index (χ1n) is 17.3. The predicted molar refractivity (Wildman–Crippen MR) is 188 cm³/mol. The number of hydrogen-bond acceptors (Lipinski definition) is 7. The van der Waals surface area contributed by atoms with Crippen LogP contribution in [0.15, 0.2) is 84.9 Å². The minimum absolute atomic E-state index is 0.0896. The number of carbonyl (C=O) groups is 3. The van der Waals surface area contributed by atoms with Crippen LogP contribution < -0.4 is 9.47 Å². The third-order valence-electron chi connectivity index (χ3n) is 10.2. The third-order valence-corrected chi connectivity index (χ3v) is 10.2. The second-order valence-electron chi connectivity index (χ2n) is 13.7. The summed E-state index contributed by atoms with van der Waals surface area (Å²) in [6.07, 6.45) is -0.479. The molecule has 0 radical (unpaired) electrons. The first-order chi connectivity index (χ1) is 24.1. The van der Waals surface area contributed by atoms with Gasteiger partial charge in [0.25, 0.3) is 0 Å². The Morgan fingerprint density at radius 2 is 1.08 bits per heavy atom. The molecule has 258 valence electrons. The SMILES string of the molecule is CC(=O)c1cccc(CN2C(=O)N(Cc3cccc(C(C)=O)c3)[C@H](Cc3ccc4c(c3)CCO4)[C@H](O)[C@@H](O)[C@H]2Cc2ccc3c(c2)CCO3)c1. The zero-order valence-corrected chi connectivity index (χ0v) is 28.4. The van der Waals surface area contributed by atoms with E-state index in [4.69, 9.17) is 9.47 Å². The van der Waals surface area contributed by atoms with Crippen LogP contribution in [0.25, 0.3) is 0 Å². The Balaban J connectivity index is 1.31. The van der Waals surface area contributed by atoms with Gasteiger partial charge in [-0.25, -0.2) is 4.79 Å². The van der Waals surface area contributed by atoms with Crippen LogP contribution in [0.5, 0.6) is 11.5 Å². The fraction of sp³-hybridized carbons (Fsp3) is 0.341. The van der Waals surface area contributed by atoms with E-state index < -0.39 is 24.3 Å². The van der Waals surface area contributed by atoms with Crippen LogP contribution in [0.2, 0.25) is 0 Å². The number of rotatable bonds is 10. The molecule has 1 saturated heterocycles. The number of carbonyl (C=O) groups excluding carboxylic acids is 3. The molecule has 1 fully saturated rings. The van der Waals surface area contributed by atoms with E-state index in [0.717, 1.165) is 57.7 Å². The topological polar surface area (TPSA) is 117 Å². The lowest BCUT2D eigenvalue weighted by atomic mass is 9.90. The summed E-state index contributed by atoms with van der Waals surface area (Å²) in [6.45, 7) is 4.44. The summed E-state index contributed by atoms with van der Waals surface area (Å²) in [5.41, 5.74) is 6.49. The number of fused-ring (bicyclic) bond motifs is 2. The molecule has 0 spiro atoms. The lowest BCUT2D eigenvalue weighted by Gasteiger charge is -2.36. The van der Waals surface area contributed by atoms with E-state index in [0.29, 0.717) is 37.2 Å². The van der Waals surface area contributed by atoms with Crippen molar-refractivity contribution in [2.24, 2.45) is 0 Å². The summed E-state index contributed by atoms with van der Waals surface area (Å²) >= 11 is 0. The molecule has 9 heteroatoms. The number of amides is 2. The quantitative estimate of drug-likeness (QED) is 0.218. The van der Waals surface area contributed by atoms with Crippen molar-refractivity contribution in [1.82, 2.24) is 9.80 Å². The van der Waals surface area contributed by atoms with Gasteiger partial charge in [0, 0.05) is 37.1 Å². The van der Waals surface area contributed by atoms with E-state index in [1.807, 2.05) is 36.4 Å². The normalized spacial score (nSPS) is 21.2. The largest absolute Gasteiger partial charge is 0.493 e. The molecule has 0 bridgehead atoms. The van der Waals surface area contributed by atoms with Gasteiger partial charge in [-0.3, -0.25) is 9.59 Å². The highest BCUT2D eigenvalue weighted by molar-refractivity contribution is 5.94. The van der Waals surface area contributed by atoms with Gasteiger partial charge >= 0.3 is 6.03 Å². The molecule has 4 aromatic rings. The number of nitrogens with zero attached hydrogens (tertiary/aromatic N) is 2. The summed E-state index contributed by atoms with van der Waals surface area (Å²) in [4.78, 5) is 43.0. The lowest BCUT2D eigenvalue weighted by molar-refractivity contribution is -0.0408. The number of benzene rings is 4. The average Bonchev–Trinajstić information content (AvgIpc) is 3.78. The van der Waals surface area contributed by atoms with Gasteiger partial charge in [0.05, 0.1) is 25.3 Å². The zero-order valence-electron chi connectivity index (χ0n) is 28.4. The van der Waals surface area contributed by atoms with E-state index in [-0.39, 0.29) is 30.7 Å². The number of ether oxygens (including phenoxy) is 2. The molecule has 4 atom stereocenters. The van der Waals surface area contributed by atoms with Gasteiger partial charge in [0.2, 0.25) is 0 Å². The molecule has 0 aromatic heterocycles. The number of ketones is 2. The first-order valence-corrected chi connectivity index (χ1v) is 17.3. The van der Waals surface area contributed by atoms with E-state index in [2.05, 4.69) is 12.1 Å². The summed E-state index contributed by atoms with van der Waals surface area (Å²) in [7, 11) is 0. The molecule has 0 saturated carbocycles. The van der Waals surface area contributed by atoms with Gasteiger partial charge in [0.15, 0.2) is 11.6 Å². The number of hydrogen-bond donors (Lipinski definition) is 2. The van der Waals surface area contributed by atoms with E-state index in [1.54, 1.807) is 46.2 Å². The molecule has 2 amide bonds. The third kappa shape index (κ3) is 6.88. The Hall–Kier alpha value is -4.99. The smallest absolute Gasteiger partial charge is 0.321 e. The highest BCUT2D eigenvalue weighted by Crippen LogP contribution is 2.33. The maximum atomic E-state index is 15.1. The highest BCUT2D eigenvalue weighted by atomic mass is 16.5. The summed E-state index contributed by atoms with van der Waals surface area (Å²) in [5.74, 6) is 1.49. The van der Waals surface area contributed by atoms with Crippen LogP contribution in [0, 0.1) is 0 Å². The van der Waals surface area contributed by atoms with Crippen molar-refractivity contribution in [3.05, 3.63) is 129 Å². The average molecular weight is 675 g/mol. The Labute approximate surface area is 292 Å². The molecule has 3 aliphatic rings. The molecule has 0 aliphatic carbocycles. The molecule has 3 heterocycles. The van der Waals surface area contributed by atoms with Crippen molar-refractivity contribution >= 4 is 17.6 Å². The first kappa shape index (κ1) is 33.5. The molecular formula is C41H42N2O7. The molecule has 0 unspecified atom stereocenters. The van der Waals surface area contributed by atoms with Crippen LogP contribution in [-0.4, -0.2) is 75.1 Å². The fourth-order valence-corrected chi connectivity index (χ4v) is 7.49. The van der Waals surface area contributed by atoms with Crippen molar-refractivity contribution in [2.75, 3.05) is 13.2 Å². The standard InChI is InChI=1S/C41H42N2O7/c1-25(44)31-7-3-5-29(19-31)23-42-35(21-27-9-11-37-33(17-27)13-15-49-37)39(46)40(47)36(22-28-10-12-38-34(18-28)14-16-50-38)43(41(42)48)24-30-6-4-8-32(20-30)26(2)45/h3-12,17-20,35-36,39-40,46-47H,13-16,21-24H2,1-2H3/t35-,36-,39+,40+/m1/s1. The van der Waals surface area contributed by atoms with Crippen molar-refractivity contribution in [2.45, 2.75) is 76.9 Å². The van der Waals surface area contributed by atoms with Crippen LogP contribution in [0.1, 0.15) is 67.9 Å². The maximum absolute atomic E-state index is 15.1. The lowest BCUT2D eigenvalue weighted by Crippen LogP contribution is -2.50. The van der Waals surface area contributed by atoms with Gasteiger partial charge in [0.1, 0.15) is 23.7 Å².